The number of aromatic nitrogens is 2. The van der Waals surface area contributed by atoms with Crippen LogP contribution in [0, 0.1) is 12.3 Å². The summed E-state index contributed by atoms with van der Waals surface area (Å²) in [5.41, 5.74) is 4.54. The van der Waals surface area contributed by atoms with E-state index in [9.17, 15) is 43.7 Å². The third kappa shape index (κ3) is 17.6. The molecule has 5 atom stereocenters. The summed E-state index contributed by atoms with van der Waals surface area (Å²) in [6, 6.07) is 3.02. The molecular formula is C41H60N7O15PS. The highest BCUT2D eigenvalue weighted by Gasteiger charge is 2.42. The number of nitrogens with zero attached hydrogens (tertiary/aromatic N) is 5. The average molecular weight is 954 g/mol. The van der Waals surface area contributed by atoms with Crippen molar-refractivity contribution in [3.8, 4) is 5.75 Å². The first-order chi connectivity index (χ1) is 29.8. The molecule has 65 heavy (non-hydrogen) atoms. The lowest BCUT2D eigenvalue weighted by Crippen LogP contribution is -2.55. The largest absolute Gasteiger partial charge is 0.530 e. The molecule has 0 aliphatic carbocycles. The maximum Gasteiger partial charge on any atom is 0.530 e. The molecule has 360 valence electrons. The maximum atomic E-state index is 14.3. The van der Waals surface area contributed by atoms with E-state index in [-0.39, 0.29) is 46.5 Å². The summed E-state index contributed by atoms with van der Waals surface area (Å²) in [7, 11) is -4.62. The Kier molecular flexibility index (Phi) is 18.2. The van der Waals surface area contributed by atoms with Gasteiger partial charge in [-0.15, -0.1) is 4.90 Å². The molecule has 1 aliphatic rings. The lowest BCUT2D eigenvalue weighted by molar-refractivity contribution is -0.131. The van der Waals surface area contributed by atoms with Gasteiger partial charge in [0, 0.05) is 40.7 Å². The van der Waals surface area contributed by atoms with Gasteiger partial charge in [0.15, 0.2) is 5.12 Å². The molecule has 0 spiro atoms. The number of rotatable bonds is 15. The van der Waals surface area contributed by atoms with Crippen LogP contribution in [0.25, 0.3) is 10.4 Å². The molecule has 0 radical (unpaired) electrons. The van der Waals surface area contributed by atoms with Crippen LogP contribution < -0.4 is 21.1 Å². The van der Waals surface area contributed by atoms with E-state index in [0.29, 0.717) is 5.56 Å². The Morgan fingerprint density at radius 1 is 0.938 bits per heavy atom. The number of H-pyrrole nitrogens is 1. The van der Waals surface area contributed by atoms with Crippen molar-refractivity contribution in [1.82, 2.24) is 19.8 Å². The number of aromatic amines is 1. The second-order valence-corrected chi connectivity index (χ2v) is 21.5. The number of carbonyl (C=O) groups is 5. The van der Waals surface area contributed by atoms with Crippen molar-refractivity contribution >= 4 is 48.9 Å². The maximum absolute atomic E-state index is 14.3. The van der Waals surface area contributed by atoms with Crippen LogP contribution in [0.1, 0.15) is 107 Å². The Morgan fingerprint density at radius 2 is 1.51 bits per heavy atom. The number of thioether (sulfide) groups is 1. The molecule has 1 saturated heterocycles. The van der Waals surface area contributed by atoms with E-state index >= 15 is 0 Å². The first kappa shape index (κ1) is 54.2. The quantitative estimate of drug-likeness (QED) is 0.0437. The van der Waals surface area contributed by atoms with E-state index in [1.54, 1.807) is 41.5 Å². The number of amides is 4. The normalized spacial score (nSPS) is 18.0. The second-order valence-electron chi connectivity index (χ2n) is 18.9. The monoisotopic (exact) mass is 953 g/mol. The van der Waals surface area contributed by atoms with Gasteiger partial charge in [-0.1, -0.05) is 49.8 Å². The lowest BCUT2D eigenvalue weighted by atomic mass is 10.00. The number of ether oxygens (including phenoxy) is 4. The van der Waals surface area contributed by atoms with Crippen LogP contribution in [-0.4, -0.2) is 97.7 Å². The summed E-state index contributed by atoms with van der Waals surface area (Å²) in [6.45, 7) is 19.9. The van der Waals surface area contributed by atoms with Crippen molar-refractivity contribution in [1.29, 1.82) is 0 Å². The van der Waals surface area contributed by atoms with Gasteiger partial charge in [-0.25, -0.2) is 23.7 Å². The molecule has 1 fully saturated rings. The van der Waals surface area contributed by atoms with Crippen molar-refractivity contribution in [3.63, 3.8) is 0 Å². The molecule has 0 saturated carbocycles. The van der Waals surface area contributed by atoms with E-state index < -0.39 is 96.5 Å². The lowest BCUT2D eigenvalue weighted by Gasteiger charge is -2.30. The number of phosphoric acid groups is 1. The molecule has 1 aromatic heterocycles. The molecule has 1 aliphatic heterocycles. The number of alkyl carbamates (subject to hydrolysis) is 1. The van der Waals surface area contributed by atoms with Gasteiger partial charge in [0.25, 0.3) is 11.5 Å². The van der Waals surface area contributed by atoms with Crippen LogP contribution in [0.5, 0.6) is 5.75 Å². The highest BCUT2D eigenvalue weighted by atomic mass is 32.2. The van der Waals surface area contributed by atoms with Gasteiger partial charge in [0.05, 0.1) is 25.4 Å². The fraction of sp³-hybridized carbons (Fsp3) is 0.634. The number of imide groups is 3. The molecule has 1 aromatic carbocycles. The van der Waals surface area contributed by atoms with Crippen LogP contribution >= 0.6 is 19.6 Å². The fourth-order valence-corrected chi connectivity index (χ4v) is 7.62. The van der Waals surface area contributed by atoms with E-state index in [1.807, 2.05) is 0 Å². The molecule has 22 nitrogen and oxygen atoms in total. The molecule has 2 unspecified atom stereocenters. The molecule has 2 heterocycles. The third-order valence-electron chi connectivity index (χ3n) is 8.38. The van der Waals surface area contributed by atoms with Gasteiger partial charge in [-0.3, -0.25) is 33.0 Å². The number of aryl methyl sites for hydroxylation is 1. The van der Waals surface area contributed by atoms with Crippen LogP contribution in [0.15, 0.2) is 45.2 Å². The molecule has 24 heteroatoms. The van der Waals surface area contributed by atoms with Gasteiger partial charge >= 0.3 is 31.8 Å². The van der Waals surface area contributed by atoms with Gasteiger partial charge in [-0.2, -0.15) is 0 Å². The molecule has 3 rings (SSSR count). The van der Waals surface area contributed by atoms with Crippen molar-refractivity contribution in [3.05, 3.63) is 72.9 Å². The molecule has 2 aromatic rings. The van der Waals surface area contributed by atoms with Crippen molar-refractivity contribution in [2.75, 3.05) is 19.0 Å². The van der Waals surface area contributed by atoms with Crippen molar-refractivity contribution < 1.29 is 61.1 Å². The number of azide groups is 1. The number of phosphoric ester groups is 1. The van der Waals surface area contributed by atoms with Crippen molar-refractivity contribution in [2.45, 2.75) is 144 Å². The summed E-state index contributed by atoms with van der Waals surface area (Å²) in [4.78, 5) is 96.2. The first-order valence-electron chi connectivity index (χ1n) is 20.5. The Labute approximate surface area is 380 Å². The summed E-state index contributed by atoms with van der Waals surface area (Å²) >= 11 is 0.948. The summed E-state index contributed by atoms with van der Waals surface area (Å²) in [5.74, 6) is -1.22. The van der Waals surface area contributed by atoms with E-state index in [4.69, 9.17) is 32.5 Å². The third-order valence-corrected chi connectivity index (χ3v) is 11.0. The Hall–Kier alpha value is -5.18. The number of hydrogen-bond acceptors (Lipinski definition) is 17. The number of hydrogen-bond donors (Lipinski definition) is 2. The Morgan fingerprint density at radius 3 is 2.03 bits per heavy atom. The average Bonchev–Trinajstić information content (AvgIpc) is 3.54. The van der Waals surface area contributed by atoms with Gasteiger partial charge in [0.1, 0.15) is 34.8 Å². The predicted molar refractivity (Wildman–Crippen MR) is 237 cm³/mol. The summed E-state index contributed by atoms with van der Waals surface area (Å²) < 4.78 is 54.7. The zero-order valence-corrected chi connectivity index (χ0v) is 40.7. The molecule has 0 bridgehead atoms. The van der Waals surface area contributed by atoms with E-state index in [1.165, 1.54) is 78.9 Å². The Balaban J connectivity index is 1.94. The zero-order chi connectivity index (χ0) is 49.3. The zero-order valence-electron chi connectivity index (χ0n) is 38.9. The van der Waals surface area contributed by atoms with Crippen LogP contribution in [0.3, 0.4) is 0 Å². The molecular weight excluding hydrogens is 894 g/mol. The Bertz CT molecular complexity index is 2240. The summed E-state index contributed by atoms with van der Waals surface area (Å²) in [6.07, 6.45) is -4.87. The predicted octanol–water partition coefficient (Wildman–Crippen LogP) is 7.47. The van der Waals surface area contributed by atoms with Crippen molar-refractivity contribution in [2.24, 2.45) is 10.5 Å². The second kappa shape index (κ2) is 21.9. The first-order valence-corrected chi connectivity index (χ1v) is 22.9. The standard InChI is InChI=1S/C41H60N7O15PS/c1-24-22-47(34(52)44-31(24)49)30-21-27(45-46-42)29(59-30)23-58-64(56,57-18-19-65-33(51)38(2,3)4)63-26-16-14-25(15-17-26)20-28(43-35(53)60-39(5,6)7)32(50)48(36(54)61-40(8,9)10)37(55)62-41(11,12)13/h14-17,22,27-30H,18-21,23H2,1-13H3,(H,43,53)(H,44,49,52)/t27?,28-,29+,30+,64?/m0/s1. The summed E-state index contributed by atoms with van der Waals surface area (Å²) in [5, 5.41) is 6.04. The topological polar surface area (TPSA) is 286 Å². The minimum Gasteiger partial charge on any atom is -0.444 e. The fourth-order valence-electron chi connectivity index (χ4n) is 5.50. The number of benzene rings is 1. The van der Waals surface area contributed by atoms with Gasteiger partial charge in [-0.05, 0) is 92.5 Å². The van der Waals surface area contributed by atoms with Crippen LogP contribution in [-0.2, 0) is 48.6 Å². The van der Waals surface area contributed by atoms with Crippen LogP contribution in [0.4, 0.5) is 14.4 Å². The van der Waals surface area contributed by atoms with E-state index in [2.05, 4.69) is 20.3 Å². The van der Waals surface area contributed by atoms with Gasteiger partial charge < -0.3 is 28.8 Å². The smallest absolute Gasteiger partial charge is 0.444 e. The minimum absolute atomic E-state index is 0.0118. The number of carbonyl (C=O) groups excluding carboxylic acids is 5. The van der Waals surface area contributed by atoms with Gasteiger partial charge in [0.2, 0.25) is 0 Å². The molecule has 4 amide bonds. The van der Waals surface area contributed by atoms with E-state index in [0.717, 1.165) is 16.3 Å². The SMILES string of the molecule is Cc1cn([C@H]2CC(N=[N+]=[N-])[C@@H](COP(=O)(OCCSC(=O)C(C)(C)C)Oc3ccc(C[C@H](NC(=O)OC(C)(C)C)C(=O)N(C(=O)OC(C)(C)C)C(=O)OC(C)(C)C)cc3)O2)c(=O)[nH]c1=O. The number of nitrogens with one attached hydrogen (secondary N) is 2. The molecule has 2 N–H and O–H groups in total. The highest BCUT2D eigenvalue weighted by Crippen LogP contribution is 2.50. The van der Waals surface area contributed by atoms with Crippen LogP contribution in [0.2, 0.25) is 0 Å². The highest BCUT2D eigenvalue weighted by molar-refractivity contribution is 8.13. The minimum atomic E-state index is -4.62.